The first-order valence-electron chi connectivity index (χ1n) is 14.8. The van der Waals surface area contributed by atoms with Crippen LogP contribution < -0.4 is 15.4 Å². The number of alkyl halides is 3. The van der Waals surface area contributed by atoms with Gasteiger partial charge >= 0.3 is 6.36 Å². The predicted molar refractivity (Wildman–Crippen MR) is 164 cm³/mol. The summed E-state index contributed by atoms with van der Waals surface area (Å²) in [6, 6.07) is 22.4. The van der Waals surface area contributed by atoms with Gasteiger partial charge in [0.05, 0.1) is 5.69 Å². The van der Waals surface area contributed by atoms with E-state index in [1.165, 1.54) is 23.8 Å². The van der Waals surface area contributed by atoms with E-state index in [1.54, 1.807) is 41.5 Å². The molecule has 4 aromatic rings. The molecule has 0 spiro atoms. The molecule has 5 rings (SSSR count). The highest BCUT2D eigenvalue weighted by atomic mass is 19.4. The van der Waals surface area contributed by atoms with Crippen LogP contribution in [0.3, 0.4) is 0 Å². The number of rotatable bonds is 10. The Kier molecular flexibility index (Phi) is 11.7. The molecule has 3 aromatic carbocycles. The number of nitrogens with one attached hydrogen (secondary N) is 2. The van der Waals surface area contributed by atoms with Gasteiger partial charge in [0.2, 0.25) is 5.89 Å². The lowest BCUT2D eigenvalue weighted by atomic mass is 10.1. The van der Waals surface area contributed by atoms with Gasteiger partial charge in [0.15, 0.2) is 0 Å². The number of carbonyl (C=O) groups is 2. The molecule has 8 nitrogen and oxygen atoms in total. The molecule has 11 heteroatoms. The number of aryl methyl sites for hydroxylation is 2. The van der Waals surface area contributed by atoms with Crippen molar-refractivity contribution in [3.8, 4) is 5.75 Å². The van der Waals surface area contributed by atoms with Gasteiger partial charge in [0, 0.05) is 30.8 Å². The van der Waals surface area contributed by atoms with Gasteiger partial charge in [-0.2, -0.15) is 0 Å². The van der Waals surface area contributed by atoms with E-state index in [2.05, 4.69) is 39.4 Å². The number of benzene rings is 3. The van der Waals surface area contributed by atoms with Crippen molar-refractivity contribution in [1.29, 1.82) is 0 Å². The van der Waals surface area contributed by atoms with Crippen LogP contribution in [-0.4, -0.2) is 47.7 Å². The zero-order valence-electron chi connectivity index (χ0n) is 25.3. The molecular formula is C34H37F3N4O4. The Balaban J connectivity index is 0.000000580. The molecule has 1 fully saturated rings. The molecule has 238 valence electrons. The molecular weight excluding hydrogens is 585 g/mol. The second-order valence-electron chi connectivity index (χ2n) is 10.7. The number of carbonyl (C=O) groups excluding carboxylic acids is 2. The Morgan fingerprint density at radius 1 is 0.978 bits per heavy atom. The lowest BCUT2D eigenvalue weighted by Gasteiger charge is -2.22. The largest absolute Gasteiger partial charge is 0.573 e. The summed E-state index contributed by atoms with van der Waals surface area (Å²) in [4.78, 5) is 32.0. The summed E-state index contributed by atoms with van der Waals surface area (Å²) in [6.45, 7) is 5.80. The van der Waals surface area contributed by atoms with Crippen molar-refractivity contribution in [3.05, 3.63) is 119 Å². The van der Waals surface area contributed by atoms with Crippen LogP contribution in [0.1, 0.15) is 68.7 Å². The van der Waals surface area contributed by atoms with Gasteiger partial charge < -0.3 is 24.7 Å². The van der Waals surface area contributed by atoms with Gasteiger partial charge in [0.25, 0.3) is 11.8 Å². The zero-order valence-corrected chi connectivity index (χ0v) is 25.3. The van der Waals surface area contributed by atoms with E-state index in [-0.39, 0.29) is 23.6 Å². The third kappa shape index (κ3) is 10.5. The fourth-order valence-corrected chi connectivity index (χ4v) is 4.89. The maximum absolute atomic E-state index is 13.2. The van der Waals surface area contributed by atoms with Crippen LogP contribution in [0, 0.1) is 13.8 Å². The molecule has 1 atom stereocenters. The fourth-order valence-electron chi connectivity index (χ4n) is 4.89. The van der Waals surface area contributed by atoms with Crippen molar-refractivity contribution in [2.75, 3.05) is 19.6 Å². The molecule has 0 bridgehead atoms. The van der Waals surface area contributed by atoms with Crippen LogP contribution in [-0.2, 0) is 6.54 Å². The molecule has 0 radical (unpaired) electrons. The Morgan fingerprint density at radius 2 is 1.73 bits per heavy atom. The Morgan fingerprint density at radius 3 is 2.42 bits per heavy atom. The molecule has 2 heterocycles. The van der Waals surface area contributed by atoms with E-state index >= 15 is 0 Å². The van der Waals surface area contributed by atoms with E-state index in [0.29, 0.717) is 55.2 Å². The van der Waals surface area contributed by atoms with Crippen molar-refractivity contribution < 1.29 is 31.9 Å². The van der Waals surface area contributed by atoms with Crippen molar-refractivity contribution in [3.63, 3.8) is 0 Å². The minimum absolute atomic E-state index is 0.174. The summed E-state index contributed by atoms with van der Waals surface area (Å²) in [5.74, 6) is -0.208. The number of amides is 2. The number of likely N-dealkylation sites (tertiary alicyclic amines) is 1. The summed E-state index contributed by atoms with van der Waals surface area (Å²) in [7, 11) is 0. The topological polar surface area (TPSA) is 96.7 Å². The van der Waals surface area contributed by atoms with Crippen LogP contribution in [0.4, 0.5) is 13.2 Å². The molecule has 0 saturated carbocycles. The number of halogens is 3. The van der Waals surface area contributed by atoms with Gasteiger partial charge in [-0.05, 0) is 75.5 Å². The highest BCUT2D eigenvalue weighted by Crippen LogP contribution is 2.32. The summed E-state index contributed by atoms with van der Waals surface area (Å²) >= 11 is 0. The first-order valence-corrected chi connectivity index (χ1v) is 14.8. The third-order valence-electron chi connectivity index (χ3n) is 7.02. The van der Waals surface area contributed by atoms with Gasteiger partial charge in [-0.1, -0.05) is 54.1 Å². The average Bonchev–Trinajstić information content (AvgIpc) is 3.68. The van der Waals surface area contributed by atoms with E-state index in [4.69, 9.17) is 4.42 Å². The maximum atomic E-state index is 13.2. The maximum Gasteiger partial charge on any atom is 0.573 e. The molecule has 2 N–H and O–H groups in total. The number of aromatic nitrogens is 1. The minimum Gasteiger partial charge on any atom is -0.446 e. The highest BCUT2D eigenvalue weighted by Gasteiger charge is 2.34. The Hall–Kier alpha value is -4.64. The minimum atomic E-state index is -4.73. The van der Waals surface area contributed by atoms with E-state index in [9.17, 15) is 22.8 Å². The van der Waals surface area contributed by atoms with Crippen LogP contribution >= 0.6 is 0 Å². The number of hydrogen-bond acceptors (Lipinski definition) is 6. The van der Waals surface area contributed by atoms with Crippen molar-refractivity contribution in [2.24, 2.45) is 0 Å². The summed E-state index contributed by atoms with van der Waals surface area (Å²) < 4.78 is 46.6. The first kappa shape index (κ1) is 33.3. The van der Waals surface area contributed by atoms with Gasteiger partial charge in [-0.3, -0.25) is 9.59 Å². The second kappa shape index (κ2) is 15.9. The van der Waals surface area contributed by atoms with Crippen LogP contribution in [0.2, 0.25) is 0 Å². The molecule has 0 aliphatic carbocycles. The van der Waals surface area contributed by atoms with E-state index < -0.39 is 6.36 Å². The molecule has 45 heavy (non-hydrogen) atoms. The smallest absolute Gasteiger partial charge is 0.446 e. The van der Waals surface area contributed by atoms with Crippen molar-refractivity contribution in [2.45, 2.75) is 52.1 Å². The van der Waals surface area contributed by atoms with Crippen LogP contribution in [0.5, 0.6) is 5.75 Å². The summed E-state index contributed by atoms with van der Waals surface area (Å²) in [5, 5.41) is 5.96. The SMILES string of the molecule is Cc1ccccc1.Cc1coc(C2CCCN2C(=O)c2cccc(C(=O)NCCCNCc3cccc(OC(F)(F)F)c3)c2)n1. The lowest BCUT2D eigenvalue weighted by molar-refractivity contribution is -0.274. The summed E-state index contributed by atoms with van der Waals surface area (Å²) in [5.41, 5.74) is 3.54. The second-order valence-corrected chi connectivity index (χ2v) is 10.7. The molecule has 1 aliphatic heterocycles. The van der Waals surface area contributed by atoms with Crippen molar-refractivity contribution in [1.82, 2.24) is 20.5 Å². The standard InChI is InChI=1S/C27H29F3N4O4.C7H8/c1-18-17-37-25(33-18)23-10-4-13-34(23)26(36)21-8-3-7-20(15-21)24(35)32-12-5-11-31-16-19-6-2-9-22(14-19)38-27(28,29)30;1-7-5-3-2-4-6-7/h2-3,6-9,14-15,17,23,31H,4-5,10-13,16H2,1H3,(H,32,35);2-6H,1H3. The number of nitrogens with zero attached hydrogens (tertiary/aromatic N) is 2. The van der Waals surface area contributed by atoms with Gasteiger partial charge in [0.1, 0.15) is 18.1 Å². The lowest BCUT2D eigenvalue weighted by Crippen LogP contribution is -2.31. The molecule has 1 unspecified atom stereocenters. The number of hydrogen-bond donors (Lipinski definition) is 2. The molecule has 1 aromatic heterocycles. The Labute approximate surface area is 260 Å². The zero-order chi connectivity index (χ0) is 32.2. The van der Waals surface area contributed by atoms with Crippen LogP contribution in [0.15, 0.2) is 89.5 Å². The van der Waals surface area contributed by atoms with E-state index in [1.807, 2.05) is 25.1 Å². The third-order valence-corrected chi connectivity index (χ3v) is 7.02. The first-order chi connectivity index (χ1) is 21.6. The normalized spacial score (nSPS) is 14.4. The summed E-state index contributed by atoms with van der Waals surface area (Å²) in [6.07, 6.45) is -0.939. The fraction of sp³-hybridized carbons (Fsp3) is 0.324. The van der Waals surface area contributed by atoms with Gasteiger partial charge in [-0.15, -0.1) is 13.2 Å². The van der Waals surface area contributed by atoms with Crippen molar-refractivity contribution >= 4 is 11.8 Å². The number of ether oxygens (including phenoxy) is 1. The number of oxazole rings is 1. The molecule has 1 aliphatic rings. The van der Waals surface area contributed by atoms with E-state index in [0.717, 1.165) is 18.5 Å². The highest BCUT2D eigenvalue weighted by molar-refractivity contribution is 5.99. The average molecular weight is 623 g/mol. The monoisotopic (exact) mass is 622 g/mol. The predicted octanol–water partition coefficient (Wildman–Crippen LogP) is 6.76. The Bertz CT molecular complexity index is 1540. The van der Waals surface area contributed by atoms with Crippen LogP contribution in [0.25, 0.3) is 0 Å². The molecule has 2 amide bonds. The quantitative estimate of drug-likeness (QED) is 0.190. The molecule has 1 saturated heterocycles. The van der Waals surface area contributed by atoms with Gasteiger partial charge in [-0.25, -0.2) is 4.98 Å².